The van der Waals surface area contributed by atoms with Gasteiger partial charge in [-0.1, -0.05) is 0 Å². The normalized spacial score (nSPS) is 29.3. The molecule has 0 aliphatic carbocycles. The number of aromatic nitrogens is 2. The van der Waals surface area contributed by atoms with Crippen molar-refractivity contribution in [3.63, 3.8) is 0 Å². The predicted molar refractivity (Wildman–Crippen MR) is 61.8 cm³/mol. The van der Waals surface area contributed by atoms with Crippen molar-refractivity contribution in [2.45, 2.75) is 31.3 Å². The molecule has 1 aromatic heterocycles. The van der Waals surface area contributed by atoms with E-state index in [-0.39, 0.29) is 18.0 Å². The van der Waals surface area contributed by atoms with Gasteiger partial charge in [0.15, 0.2) is 0 Å². The largest absolute Gasteiger partial charge is 0.481 e. The van der Waals surface area contributed by atoms with E-state index in [0.717, 1.165) is 12.8 Å². The molecule has 0 amide bonds. The zero-order chi connectivity index (χ0) is 12.7. The number of rotatable bonds is 2. The van der Waals surface area contributed by atoms with Gasteiger partial charge in [0.1, 0.15) is 23.8 Å². The van der Waals surface area contributed by atoms with Gasteiger partial charge in [-0.15, -0.1) is 0 Å². The molecule has 0 aromatic carbocycles. The maximum Gasteiger partial charge on any atom is 0.308 e. The van der Waals surface area contributed by atoms with Crippen LogP contribution in [0.25, 0.3) is 0 Å². The summed E-state index contributed by atoms with van der Waals surface area (Å²) in [4.78, 5) is 21.2. The fourth-order valence-corrected chi connectivity index (χ4v) is 3.19. The van der Waals surface area contributed by atoms with Gasteiger partial charge in [0.25, 0.3) is 0 Å². The molecule has 0 saturated carbocycles. The minimum atomic E-state index is -0.750. The van der Waals surface area contributed by atoms with Crippen molar-refractivity contribution in [2.24, 2.45) is 5.92 Å². The molecule has 3 heterocycles. The van der Waals surface area contributed by atoms with E-state index in [0.29, 0.717) is 17.8 Å². The smallest absolute Gasteiger partial charge is 0.308 e. The van der Waals surface area contributed by atoms with E-state index >= 15 is 0 Å². The summed E-state index contributed by atoms with van der Waals surface area (Å²) >= 11 is 0. The summed E-state index contributed by atoms with van der Waals surface area (Å²) in [5.74, 6) is -0.506. The number of carbonyl (C=O) groups is 1. The molecule has 1 N–H and O–H groups in total. The molecule has 2 aliphatic rings. The maximum absolute atomic E-state index is 11.2. The second kappa shape index (κ2) is 3.95. The highest BCUT2D eigenvalue weighted by Crippen LogP contribution is 2.44. The van der Waals surface area contributed by atoms with E-state index in [1.165, 1.54) is 12.5 Å². The fourth-order valence-electron chi connectivity index (χ4n) is 3.19. The Morgan fingerprint density at radius 2 is 2.39 bits per heavy atom. The van der Waals surface area contributed by atoms with Crippen LogP contribution in [0.15, 0.2) is 12.5 Å². The standard InChI is InChI=1S/C12H12N4O2/c13-4-7-5-14-6-15-11(7)16-8-1-2-10(16)9(3-8)12(17)18/h5-6,8-10H,1-3H2,(H,17,18). The lowest BCUT2D eigenvalue weighted by Crippen LogP contribution is -2.34. The highest BCUT2D eigenvalue weighted by molar-refractivity contribution is 5.74. The number of nitrogens with zero attached hydrogens (tertiary/aromatic N) is 4. The summed E-state index contributed by atoms with van der Waals surface area (Å²) in [6.45, 7) is 0. The molecule has 2 saturated heterocycles. The Hall–Kier alpha value is -2.16. The molecule has 0 radical (unpaired) electrons. The van der Waals surface area contributed by atoms with Gasteiger partial charge in [0.05, 0.1) is 12.1 Å². The number of nitriles is 1. The van der Waals surface area contributed by atoms with E-state index in [1.807, 2.05) is 4.90 Å². The number of carboxylic acid groups (broad SMARTS) is 1. The summed E-state index contributed by atoms with van der Waals surface area (Å²) in [7, 11) is 0. The summed E-state index contributed by atoms with van der Waals surface area (Å²) < 4.78 is 0. The number of anilines is 1. The van der Waals surface area contributed by atoms with E-state index in [1.54, 1.807) is 0 Å². The maximum atomic E-state index is 11.2. The van der Waals surface area contributed by atoms with Crippen molar-refractivity contribution in [1.29, 1.82) is 5.26 Å². The average Bonchev–Trinajstić information content (AvgIpc) is 2.96. The molecule has 1 aromatic rings. The van der Waals surface area contributed by atoms with Crippen LogP contribution in [0.3, 0.4) is 0 Å². The number of carboxylic acids is 1. The number of aliphatic carboxylic acids is 1. The molecule has 18 heavy (non-hydrogen) atoms. The molecular weight excluding hydrogens is 232 g/mol. The lowest BCUT2D eigenvalue weighted by atomic mass is 9.89. The van der Waals surface area contributed by atoms with Gasteiger partial charge >= 0.3 is 5.97 Å². The minimum Gasteiger partial charge on any atom is -0.481 e. The second-order valence-corrected chi connectivity index (χ2v) is 4.76. The van der Waals surface area contributed by atoms with E-state index < -0.39 is 5.97 Å². The SMILES string of the molecule is N#Cc1cncnc1N1C2CCC1C(C(=O)O)C2. The first-order valence-corrected chi connectivity index (χ1v) is 5.93. The van der Waals surface area contributed by atoms with E-state index in [2.05, 4.69) is 16.0 Å². The first-order chi connectivity index (χ1) is 8.72. The first-order valence-electron chi connectivity index (χ1n) is 5.93. The Balaban J connectivity index is 1.99. The Bertz CT molecular complexity index is 539. The Morgan fingerprint density at radius 1 is 1.56 bits per heavy atom. The van der Waals surface area contributed by atoms with Crippen molar-refractivity contribution in [2.75, 3.05) is 4.90 Å². The molecule has 92 valence electrons. The van der Waals surface area contributed by atoms with Crippen LogP contribution in [-0.4, -0.2) is 33.1 Å². The lowest BCUT2D eigenvalue weighted by molar-refractivity contribution is -0.142. The topological polar surface area (TPSA) is 90.1 Å². The number of hydrogen-bond donors (Lipinski definition) is 1. The quantitative estimate of drug-likeness (QED) is 0.827. The first kappa shape index (κ1) is 11.0. The minimum absolute atomic E-state index is 0.0329. The van der Waals surface area contributed by atoms with Gasteiger partial charge in [-0.3, -0.25) is 4.79 Å². The van der Waals surface area contributed by atoms with E-state index in [4.69, 9.17) is 5.26 Å². The second-order valence-electron chi connectivity index (χ2n) is 4.76. The van der Waals surface area contributed by atoms with Crippen LogP contribution >= 0.6 is 0 Å². The van der Waals surface area contributed by atoms with Crippen LogP contribution in [-0.2, 0) is 4.79 Å². The predicted octanol–water partition coefficient (Wildman–Crippen LogP) is 0.790. The summed E-state index contributed by atoms with van der Waals surface area (Å²) in [6.07, 6.45) is 5.37. The summed E-state index contributed by atoms with van der Waals surface area (Å²) in [5.41, 5.74) is 0.417. The highest BCUT2D eigenvalue weighted by Gasteiger charge is 2.50. The van der Waals surface area contributed by atoms with Gasteiger partial charge in [-0.2, -0.15) is 5.26 Å². The molecule has 3 rings (SSSR count). The van der Waals surface area contributed by atoms with Gasteiger partial charge in [0, 0.05) is 12.1 Å². The van der Waals surface area contributed by atoms with Crippen molar-refractivity contribution < 1.29 is 9.90 Å². The van der Waals surface area contributed by atoms with Gasteiger partial charge in [0.2, 0.25) is 0 Å². The van der Waals surface area contributed by atoms with Crippen molar-refractivity contribution in [3.05, 3.63) is 18.1 Å². The molecule has 6 heteroatoms. The third-order valence-corrected chi connectivity index (χ3v) is 3.91. The lowest BCUT2D eigenvalue weighted by Gasteiger charge is -2.24. The molecular formula is C12H12N4O2. The fraction of sp³-hybridized carbons (Fsp3) is 0.500. The molecule has 2 aliphatic heterocycles. The molecule has 2 fully saturated rings. The zero-order valence-electron chi connectivity index (χ0n) is 9.65. The molecule has 2 bridgehead atoms. The summed E-state index contributed by atoms with van der Waals surface area (Å²) in [5, 5.41) is 18.3. The van der Waals surface area contributed by atoms with Crippen LogP contribution in [0.1, 0.15) is 24.8 Å². The molecule has 6 nitrogen and oxygen atoms in total. The summed E-state index contributed by atoms with van der Waals surface area (Å²) in [6, 6.07) is 2.23. The van der Waals surface area contributed by atoms with Crippen LogP contribution in [0.4, 0.5) is 5.82 Å². The molecule has 3 unspecified atom stereocenters. The number of fused-ring (bicyclic) bond motifs is 2. The van der Waals surface area contributed by atoms with Crippen molar-refractivity contribution in [1.82, 2.24) is 9.97 Å². The number of hydrogen-bond acceptors (Lipinski definition) is 5. The third-order valence-electron chi connectivity index (χ3n) is 3.91. The van der Waals surface area contributed by atoms with Gasteiger partial charge < -0.3 is 10.0 Å². The van der Waals surface area contributed by atoms with E-state index in [9.17, 15) is 9.90 Å². The average molecular weight is 244 g/mol. The Morgan fingerprint density at radius 3 is 3.06 bits per heavy atom. The monoisotopic (exact) mass is 244 g/mol. The van der Waals surface area contributed by atoms with Crippen molar-refractivity contribution in [3.8, 4) is 6.07 Å². The van der Waals surface area contributed by atoms with Crippen LogP contribution in [0.2, 0.25) is 0 Å². The van der Waals surface area contributed by atoms with Gasteiger partial charge in [-0.05, 0) is 19.3 Å². The van der Waals surface area contributed by atoms with Gasteiger partial charge in [-0.25, -0.2) is 9.97 Å². The molecule has 0 spiro atoms. The van der Waals surface area contributed by atoms with Crippen LogP contribution in [0.5, 0.6) is 0 Å². The Kier molecular flexibility index (Phi) is 2.40. The zero-order valence-corrected chi connectivity index (χ0v) is 9.65. The van der Waals surface area contributed by atoms with Crippen LogP contribution in [0, 0.1) is 17.2 Å². The van der Waals surface area contributed by atoms with Crippen molar-refractivity contribution >= 4 is 11.8 Å². The Labute approximate surface area is 104 Å². The van der Waals surface area contributed by atoms with Crippen LogP contribution < -0.4 is 4.90 Å². The highest BCUT2D eigenvalue weighted by atomic mass is 16.4. The molecule has 3 atom stereocenters. The third kappa shape index (κ3) is 1.44.